The largest absolute Gasteiger partial charge is 0.360 e. The number of aromatic amines is 1. The highest BCUT2D eigenvalue weighted by Gasteiger charge is 2.30. The number of anilines is 1. The van der Waals surface area contributed by atoms with Crippen LogP contribution in [0.2, 0.25) is 5.02 Å². The number of benzene rings is 2. The van der Waals surface area contributed by atoms with Crippen LogP contribution in [0.4, 0.5) is 5.95 Å². The van der Waals surface area contributed by atoms with Crippen molar-refractivity contribution < 1.29 is 0 Å². The summed E-state index contributed by atoms with van der Waals surface area (Å²) in [6, 6.07) is 10.8. The lowest BCUT2D eigenvalue weighted by molar-refractivity contribution is 0.691. The maximum atomic E-state index is 6.69. The number of H-pyrrole nitrogens is 1. The molecule has 0 atom stereocenters. The number of para-hydroxylation sites is 1. The molecule has 3 aromatic heterocycles. The van der Waals surface area contributed by atoms with Crippen LogP contribution in [-0.2, 0) is 25.8 Å². The van der Waals surface area contributed by atoms with Crippen LogP contribution in [0.3, 0.4) is 0 Å². The van der Waals surface area contributed by atoms with Gasteiger partial charge in [-0.25, -0.2) is 14.6 Å². The molecular weight excluding hydrogens is 504 g/mol. The Morgan fingerprint density at radius 2 is 1.77 bits per heavy atom. The fourth-order valence-electron chi connectivity index (χ4n) is 5.88. The van der Waals surface area contributed by atoms with E-state index in [-0.39, 0.29) is 0 Å². The second-order valence-corrected chi connectivity index (χ2v) is 11.2. The molecule has 0 spiro atoms. The molecule has 1 aliphatic heterocycles. The highest BCUT2D eigenvalue weighted by atomic mass is 35.5. The lowest BCUT2D eigenvalue weighted by atomic mass is 9.94. The van der Waals surface area contributed by atoms with Crippen molar-refractivity contribution in [3.05, 3.63) is 87.5 Å². The van der Waals surface area contributed by atoms with Gasteiger partial charge in [0.05, 0.1) is 27.6 Å². The smallest absolute Gasteiger partial charge is 0.225 e. The predicted molar refractivity (Wildman–Crippen MR) is 160 cm³/mol. The summed E-state index contributed by atoms with van der Waals surface area (Å²) in [5.74, 6) is 1.17. The van der Waals surface area contributed by atoms with Crippen molar-refractivity contribution in [2.75, 3.05) is 11.4 Å². The third-order valence-corrected chi connectivity index (χ3v) is 8.35. The summed E-state index contributed by atoms with van der Waals surface area (Å²) >= 11 is 6.69. The first-order valence-corrected chi connectivity index (χ1v) is 14.3. The number of hydrogen-bond acceptors (Lipinski definition) is 4. The first kappa shape index (κ1) is 25.6. The van der Waals surface area contributed by atoms with Crippen LogP contribution in [0.5, 0.6) is 0 Å². The van der Waals surface area contributed by atoms with Crippen LogP contribution >= 0.6 is 11.6 Å². The van der Waals surface area contributed by atoms with Gasteiger partial charge >= 0.3 is 0 Å². The molecule has 1 N–H and O–H groups in total. The Labute approximate surface area is 235 Å². The molecule has 0 saturated heterocycles. The Morgan fingerprint density at radius 3 is 2.44 bits per heavy atom. The van der Waals surface area contributed by atoms with Crippen LogP contribution in [0.15, 0.2) is 48.9 Å². The third kappa shape index (κ3) is 4.31. The van der Waals surface area contributed by atoms with Gasteiger partial charge in [-0.15, -0.1) is 0 Å². The molecule has 1 aliphatic rings. The summed E-state index contributed by atoms with van der Waals surface area (Å²) in [6.45, 7) is 12.5. The Hall–Kier alpha value is -3.64. The van der Waals surface area contributed by atoms with E-state index in [1.54, 1.807) is 0 Å². The van der Waals surface area contributed by atoms with Crippen molar-refractivity contribution in [3.8, 4) is 16.9 Å². The molecule has 200 valence electrons. The highest BCUT2D eigenvalue weighted by molar-refractivity contribution is 6.35. The minimum Gasteiger partial charge on any atom is -0.360 e. The van der Waals surface area contributed by atoms with E-state index >= 15 is 0 Å². The van der Waals surface area contributed by atoms with Gasteiger partial charge in [-0.1, -0.05) is 57.5 Å². The Morgan fingerprint density at radius 1 is 1.05 bits per heavy atom. The summed E-state index contributed by atoms with van der Waals surface area (Å²) in [7, 11) is 0. The van der Waals surface area contributed by atoms with Crippen LogP contribution in [0, 0.1) is 6.92 Å². The predicted octanol–water partition coefficient (Wildman–Crippen LogP) is 7.58. The van der Waals surface area contributed by atoms with Crippen LogP contribution in [-0.4, -0.2) is 31.3 Å². The van der Waals surface area contributed by atoms with Crippen LogP contribution in [0.25, 0.3) is 27.8 Å². The Kier molecular flexibility index (Phi) is 6.67. The van der Waals surface area contributed by atoms with Gasteiger partial charge in [-0.3, -0.25) is 0 Å². The summed E-state index contributed by atoms with van der Waals surface area (Å²) in [5, 5.41) is 7.19. The zero-order valence-corrected chi connectivity index (χ0v) is 24.1. The van der Waals surface area contributed by atoms with E-state index in [1.807, 2.05) is 18.6 Å². The molecule has 2 aromatic carbocycles. The third-order valence-electron chi connectivity index (χ3n) is 8.05. The fraction of sp³-hybridized carbons (Fsp3) is 0.344. The van der Waals surface area contributed by atoms with E-state index in [1.165, 1.54) is 27.9 Å². The van der Waals surface area contributed by atoms with Gasteiger partial charge in [-0.2, -0.15) is 5.10 Å². The topological polar surface area (TPSA) is 62.6 Å². The molecule has 4 heterocycles. The summed E-state index contributed by atoms with van der Waals surface area (Å²) in [4.78, 5) is 15.2. The fourth-order valence-corrected chi connectivity index (χ4v) is 6.20. The summed E-state index contributed by atoms with van der Waals surface area (Å²) in [6.07, 6.45) is 8.61. The van der Waals surface area contributed by atoms with Crippen molar-refractivity contribution in [2.24, 2.45) is 0 Å². The molecule has 6 rings (SSSR count). The summed E-state index contributed by atoms with van der Waals surface area (Å²) < 4.78 is 2.23. The highest BCUT2D eigenvalue weighted by Crippen LogP contribution is 2.42. The lowest BCUT2D eigenvalue weighted by Crippen LogP contribution is -2.31. The van der Waals surface area contributed by atoms with E-state index in [2.05, 4.69) is 79.5 Å². The number of aryl methyl sites for hydroxylation is 3. The second kappa shape index (κ2) is 10.2. The zero-order valence-electron chi connectivity index (χ0n) is 23.3. The van der Waals surface area contributed by atoms with E-state index in [0.717, 1.165) is 70.2 Å². The molecule has 7 heteroatoms. The molecule has 0 radical (unpaired) electrons. The van der Waals surface area contributed by atoms with Gasteiger partial charge in [0.2, 0.25) is 5.95 Å². The number of hydrogen-bond donors (Lipinski definition) is 1. The molecule has 0 saturated carbocycles. The van der Waals surface area contributed by atoms with Crippen molar-refractivity contribution in [1.29, 1.82) is 0 Å². The van der Waals surface area contributed by atoms with E-state index < -0.39 is 0 Å². The van der Waals surface area contributed by atoms with Crippen LogP contribution < -0.4 is 4.90 Å². The SMILES string of the molecule is CCc1cccc(CC)c1-n1nc2c(c1-c1c(C)cc(Cl)c3[nH]ccc13)CN(c1ncc(C(C)C)cn1)CC2. The Bertz CT molecular complexity index is 1640. The molecule has 6 nitrogen and oxygen atoms in total. The molecular formula is C32H35ClN6. The van der Waals surface area contributed by atoms with Gasteiger partial charge in [0, 0.05) is 54.6 Å². The molecule has 0 bridgehead atoms. The molecule has 5 aromatic rings. The van der Waals surface area contributed by atoms with Crippen molar-refractivity contribution in [1.82, 2.24) is 24.7 Å². The molecule has 0 unspecified atom stereocenters. The minimum absolute atomic E-state index is 0.403. The lowest BCUT2D eigenvalue weighted by Gasteiger charge is -2.27. The van der Waals surface area contributed by atoms with Crippen molar-refractivity contribution in [3.63, 3.8) is 0 Å². The monoisotopic (exact) mass is 538 g/mol. The van der Waals surface area contributed by atoms with E-state index in [0.29, 0.717) is 12.5 Å². The number of aromatic nitrogens is 5. The second-order valence-electron chi connectivity index (χ2n) is 10.8. The quantitative estimate of drug-likeness (QED) is 0.242. The molecule has 0 aliphatic carbocycles. The van der Waals surface area contributed by atoms with Gasteiger partial charge in [0.25, 0.3) is 0 Å². The van der Waals surface area contributed by atoms with E-state index in [4.69, 9.17) is 26.7 Å². The number of nitrogens with one attached hydrogen (secondary N) is 1. The number of fused-ring (bicyclic) bond motifs is 2. The molecule has 0 amide bonds. The molecule has 0 fully saturated rings. The summed E-state index contributed by atoms with van der Waals surface area (Å²) in [5.41, 5.74) is 11.8. The number of nitrogens with zero attached hydrogens (tertiary/aromatic N) is 5. The van der Waals surface area contributed by atoms with Gasteiger partial charge in [0.1, 0.15) is 0 Å². The average Bonchev–Trinajstić information content (AvgIpc) is 3.58. The first-order valence-electron chi connectivity index (χ1n) is 14.0. The zero-order chi connectivity index (χ0) is 27.3. The van der Waals surface area contributed by atoms with Crippen molar-refractivity contribution >= 4 is 28.5 Å². The van der Waals surface area contributed by atoms with Crippen molar-refractivity contribution in [2.45, 2.75) is 66.3 Å². The van der Waals surface area contributed by atoms with Gasteiger partial charge < -0.3 is 9.88 Å². The maximum Gasteiger partial charge on any atom is 0.225 e. The Balaban J connectivity index is 1.59. The number of rotatable bonds is 6. The normalized spacial score (nSPS) is 13.5. The first-order chi connectivity index (χ1) is 18.9. The minimum atomic E-state index is 0.403. The number of halogens is 1. The standard InChI is InChI=1S/C32H35ClN6/c1-6-21-9-8-10-22(7-2)30(21)39-31(28-20(5)15-26(33)29-24(28)11-13-34-29)25-18-38(14-12-27(25)37-39)32-35-16-23(17-36-32)19(3)4/h8-11,13,15-17,19,34H,6-7,12,14,18H2,1-5H3. The van der Waals surface area contributed by atoms with Gasteiger partial charge in [-0.05, 0) is 60.1 Å². The van der Waals surface area contributed by atoms with Crippen LogP contribution in [0.1, 0.15) is 67.1 Å². The van der Waals surface area contributed by atoms with E-state index in [9.17, 15) is 0 Å². The average molecular weight is 539 g/mol. The maximum absolute atomic E-state index is 6.69. The van der Waals surface area contributed by atoms with Gasteiger partial charge in [0.15, 0.2) is 0 Å². The molecule has 39 heavy (non-hydrogen) atoms.